The first-order valence-corrected chi connectivity index (χ1v) is 8.19. The van der Waals surface area contributed by atoms with Crippen molar-refractivity contribution in [1.82, 2.24) is 0 Å². The van der Waals surface area contributed by atoms with Crippen LogP contribution >= 0.6 is 15.9 Å². The third kappa shape index (κ3) is 4.85. The molecule has 6 heteroatoms. The standard InChI is InChI=1S/C19H16BrNO4/c1-12(19(22)23)25-17-7-6-13(9-18(17)24-2)8-15(11-21)14-4-3-5-16(20)10-14/h3-10,12H,1-2H3,(H,22,23)/b15-8-/t12-/m1/s1. The third-order valence-electron chi connectivity index (χ3n) is 3.41. The molecule has 5 nitrogen and oxygen atoms in total. The summed E-state index contributed by atoms with van der Waals surface area (Å²) in [5.74, 6) is -0.337. The first-order chi connectivity index (χ1) is 11.9. The maximum atomic E-state index is 10.9. The van der Waals surface area contributed by atoms with Crippen molar-refractivity contribution in [3.8, 4) is 17.6 Å². The molecule has 0 unspecified atom stereocenters. The minimum absolute atomic E-state index is 0.329. The van der Waals surface area contributed by atoms with E-state index in [0.717, 1.165) is 15.6 Å². The Hall–Kier alpha value is -2.78. The molecule has 2 aromatic rings. The van der Waals surface area contributed by atoms with Crippen molar-refractivity contribution in [3.05, 3.63) is 58.1 Å². The molecule has 1 N–H and O–H groups in total. The molecule has 0 saturated carbocycles. The van der Waals surface area contributed by atoms with Crippen LogP contribution in [0.5, 0.6) is 11.5 Å². The van der Waals surface area contributed by atoms with Gasteiger partial charge in [0.1, 0.15) is 0 Å². The number of allylic oxidation sites excluding steroid dienone is 1. The molecule has 0 fully saturated rings. The molecule has 0 bridgehead atoms. The van der Waals surface area contributed by atoms with E-state index in [4.69, 9.17) is 14.6 Å². The lowest BCUT2D eigenvalue weighted by atomic mass is 10.0. The summed E-state index contributed by atoms with van der Waals surface area (Å²) in [5, 5.41) is 18.4. The number of halogens is 1. The number of nitrogens with zero attached hydrogens (tertiary/aromatic N) is 1. The smallest absolute Gasteiger partial charge is 0.344 e. The van der Waals surface area contributed by atoms with Crippen molar-refractivity contribution in [1.29, 1.82) is 5.26 Å². The Morgan fingerprint density at radius 2 is 2.04 bits per heavy atom. The molecule has 0 aromatic heterocycles. The van der Waals surface area contributed by atoms with Gasteiger partial charge in [-0.1, -0.05) is 34.1 Å². The van der Waals surface area contributed by atoms with Crippen LogP contribution in [0.15, 0.2) is 46.9 Å². The second-order valence-electron chi connectivity index (χ2n) is 5.19. The summed E-state index contributed by atoms with van der Waals surface area (Å²) in [6.07, 6.45) is 0.737. The van der Waals surface area contributed by atoms with Crippen LogP contribution in [-0.4, -0.2) is 24.3 Å². The number of carboxylic acids is 1. The third-order valence-corrected chi connectivity index (χ3v) is 3.90. The molecular formula is C19H16BrNO4. The average Bonchev–Trinajstić information content (AvgIpc) is 2.60. The number of benzene rings is 2. The predicted octanol–water partition coefficient (Wildman–Crippen LogP) is 4.37. The minimum atomic E-state index is -1.06. The lowest BCUT2D eigenvalue weighted by Gasteiger charge is -2.14. The Labute approximate surface area is 154 Å². The zero-order chi connectivity index (χ0) is 18.4. The van der Waals surface area contributed by atoms with E-state index in [0.29, 0.717) is 17.1 Å². The first-order valence-electron chi connectivity index (χ1n) is 7.40. The molecule has 2 aromatic carbocycles. The van der Waals surface area contributed by atoms with Crippen molar-refractivity contribution in [2.24, 2.45) is 0 Å². The molecule has 0 radical (unpaired) electrons. The summed E-state index contributed by atoms with van der Waals surface area (Å²) in [6, 6.07) is 14.7. The number of rotatable bonds is 6. The lowest BCUT2D eigenvalue weighted by Crippen LogP contribution is -2.23. The summed E-state index contributed by atoms with van der Waals surface area (Å²) in [7, 11) is 1.47. The number of methoxy groups -OCH3 is 1. The highest BCUT2D eigenvalue weighted by Gasteiger charge is 2.15. The Morgan fingerprint density at radius 3 is 2.64 bits per heavy atom. The molecule has 0 spiro atoms. The van der Waals surface area contributed by atoms with Gasteiger partial charge in [-0.15, -0.1) is 0 Å². The maximum absolute atomic E-state index is 10.9. The van der Waals surface area contributed by atoms with E-state index in [1.165, 1.54) is 14.0 Å². The van der Waals surface area contributed by atoms with E-state index in [-0.39, 0.29) is 0 Å². The summed E-state index contributed by atoms with van der Waals surface area (Å²) in [5.41, 5.74) is 2.02. The fourth-order valence-electron chi connectivity index (χ4n) is 2.12. The van der Waals surface area contributed by atoms with E-state index < -0.39 is 12.1 Å². The molecular weight excluding hydrogens is 386 g/mol. The number of aliphatic carboxylic acids is 1. The molecule has 0 aliphatic carbocycles. The van der Waals surface area contributed by atoms with Gasteiger partial charge in [-0.2, -0.15) is 5.26 Å². The van der Waals surface area contributed by atoms with Crippen LogP contribution in [0.2, 0.25) is 0 Å². The molecule has 0 aliphatic rings. The molecule has 25 heavy (non-hydrogen) atoms. The van der Waals surface area contributed by atoms with Crippen molar-refractivity contribution < 1.29 is 19.4 Å². The normalized spacial score (nSPS) is 12.2. The van der Waals surface area contributed by atoms with E-state index in [2.05, 4.69) is 22.0 Å². The lowest BCUT2D eigenvalue weighted by molar-refractivity contribution is -0.144. The van der Waals surface area contributed by atoms with Crippen molar-refractivity contribution in [3.63, 3.8) is 0 Å². The molecule has 2 rings (SSSR count). The second-order valence-corrected chi connectivity index (χ2v) is 6.10. The van der Waals surface area contributed by atoms with Gasteiger partial charge < -0.3 is 14.6 Å². The van der Waals surface area contributed by atoms with Gasteiger partial charge in [0, 0.05) is 4.47 Å². The van der Waals surface area contributed by atoms with Crippen molar-refractivity contribution in [2.45, 2.75) is 13.0 Å². The topological polar surface area (TPSA) is 79.5 Å². The van der Waals surface area contributed by atoms with E-state index in [9.17, 15) is 10.1 Å². The molecule has 0 amide bonds. The van der Waals surface area contributed by atoms with E-state index >= 15 is 0 Å². The van der Waals surface area contributed by atoms with Crippen molar-refractivity contribution in [2.75, 3.05) is 7.11 Å². The van der Waals surface area contributed by atoms with E-state index in [1.807, 2.05) is 24.3 Å². The molecule has 0 saturated heterocycles. The van der Waals surface area contributed by atoms with Gasteiger partial charge >= 0.3 is 5.97 Å². The Bertz CT molecular complexity index is 855. The Balaban J connectivity index is 2.36. The Kier molecular flexibility index (Phi) is 6.20. The monoisotopic (exact) mass is 401 g/mol. The number of hydrogen-bond acceptors (Lipinski definition) is 4. The molecule has 0 aliphatic heterocycles. The van der Waals surface area contributed by atoms with E-state index in [1.54, 1.807) is 24.3 Å². The fourth-order valence-corrected chi connectivity index (χ4v) is 2.51. The predicted molar refractivity (Wildman–Crippen MR) is 98.3 cm³/mol. The van der Waals surface area contributed by atoms with Crippen LogP contribution in [0.4, 0.5) is 0 Å². The highest BCUT2D eigenvalue weighted by molar-refractivity contribution is 9.10. The largest absolute Gasteiger partial charge is 0.493 e. The highest BCUT2D eigenvalue weighted by Crippen LogP contribution is 2.31. The highest BCUT2D eigenvalue weighted by atomic mass is 79.9. The first kappa shape index (κ1) is 18.6. The van der Waals surface area contributed by atoms with Gasteiger partial charge in [0.25, 0.3) is 0 Å². The zero-order valence-electron chi connectivity index (χ0n) is 13.7. The summed E-state index contributed by atoms with van der Waals surface area (Å²) < 4.78 is 11.5. The molecule has 128 valence electrons. The Morgan fingerprint density at radius 1 is 1.28 bits per heavy atom. The molecule has 0 heterocycles. The number of ether oxygens (including phenoxy) is 2. The maximum Gasteiger partial charge on any atom is 0.344 e. The average molecular weight is 402 g/mol. The number of hydrogen-bond donors (Lipinski definition) is 1. The fraction of sp³-hybridized carbons (Fsp3) is 0.158. The van der Waals surface area contributed by atoms with Gasteiger partial charge in [-0.05, 0) is 48.4 Å². The van der Waals surface area contributed by atoms with Crippen LogP contribution < -0.4 is 9.47 Å². The zero-order valence-corrected chi connectivity index (χ0v) is 15.3. The van der Waals surface area contributed by atoms with Gasteiger partial charge in [-0.3, -0.25) is 0 Å². The van der Waals surface area contributed by atoms with Gasteiger partial charge in [0.05, 0.1) is 18.8 Å². The number of carboxylic acid groups (broad SMARTS) is 1. The SMILES string of the molecule is COc1cc(/C=C(/C#N)c2cccc(Br)c2)ccc1O[C@H](C)C(=O)O. The molecule has 1 atom stereocenters. The number of nitriles is 1. The van der Waals surface area contributed by atoms with Crippen LogP contribution in [-0.2, 0) is 4.79 Å². The summed E-state index contributed by atoms with van der Waals surface area (Å²) in [4.78, 5) is 10.9. The minimum Gasteiger partial charge on any atom is -0.493 e. The number of carbonyl (C=O) groups is 1. The quantitative estimate of drug-likeness (QED) is 0.573. The van der Waals surface area contributed by atoms with Crippen LogP contribution in [0.25, 0.3) is 11.6 Å². The van der Waals surface area contributed by atoms with Gasteiger partial charge in [0.15, 0.2) is 17.6 Å². The van der Waals surface area contributed by atoms with Crippen molar-refractivity contribution >= 4 is 33.5 Å². The van der Waals surface area contributed by atoms with Crippen LogP contribution in [0.3, 0.4) is 0 Å². The van der Waals surface area contributed by atoms with Gasteiger partial charge in [0.2, 0.25) is 0 Å². The summed E-state index contributed by atoms with van der Waals surface area (Å²) >= 11 is 3.39. The van der Waals surface area contributed by atoms with Crippen LogP contribution in [0.1, 0.15) is 18.1 Å². The van der Waals surface area contributed by atoms with Gasteiger partial charge in [-0.25, -0.2) is 4.79 Å². The second kappa shape index (κ2) is 8.36. The van der Waals surface area contributed by atoms with Crippen LogP contribution in [0, 0.1) is 11.3 Å². The summed E-state index contributed by atoms with van der Waals surface area (Å²) in [6.45, 7) is 1.44.